The maximum atomic E-state index is 5.12. The van der Waals surface area contributed by atoms with Gasteiger partial charge in [0.25, 0.3) is 0 Å². The quantitative estimate of drug-likeness (QED) is 0.800. The van der Waals surface area contributed by atoms with Crippen molar-refractivity contribution >= 4 is 11.0 Å². The molecule has 0 unspecified atom stereocenters. The van der Waals surface area contributed by atoms with Gasteiger partial charge < -0.3 is 9.72 Å². The molecule has 0 aliphatic carbocycles. The van der Waals surface area contributed by atoms with Crippen molar-refractivity contribution in [1.29, 1.82) is 0 Å². The highest BCUT2D eigenvalue weighted by Gasteiger charge is 2.21. The number of nitrogens with one attached hydrogen (secondary N) is 1. The molecular formula is C19H22N4O. The van der Waals surface area contributed by atoms with Gasteiger partial charge in [0.05, 0.1) is 24.5 Å². The van der Waals surface area contributed by atoms with Gasteiger partial charge in [-0.1, -0.05) is 12.1 Å². The van der Waals surface area contributed by atoms with Gasteiger partial charge in [-0.2, -0.15) is 0 Å². The second kappa shape index (κ2) is 6.61. The predicted octanol–water partition coefficient (Wildman–Crippen LogP) is 3.35. The van der Waals surface area contributed by atoms with Gasteiger partial charge in [-0.3, -0.25) is 4.90 Å². The van der Waals surface area contributed by atoms with E-state index in [1.54, 1.807) is 13.4 Å². The van der Waals surface area contributed by atoms with E-state index in [1.807, 2.05) is 12.3 Å². The third-order valence-electron chi connectivity index (χ3n) is 4.92. The van der Waals surface area contributed by atoms with E-state index in [9.17, 15) is 0 Å². The predicted molar refractivity (Wildman–Crippen MR) is 94.1 cm³/mol. The lowest BCUT2D eigenvalue weighted by molar-refractivity contribution is 0.204. The fourth-order valence-electron chi connectivity index (χ4n) is 3.51. The standard InChI is InChI=1S/C19H22N4O/c1-24-19-5-2-14(11-20-19)12-23-8-6-15(7-9-23)16-3-4-17-18(10-16)22-13-21-17/h2-5,10-11,13,15H,6-9,12H2,1H3,(H,21,22). The van der Waals surface area contributed by atoms with E-state index in [2.05, 4.69) is 44.1 Å². The number of benzene rings is 1. The van der Waals surface area contributed by atoms with Gasteiger partial charge in [0.15, 0.2) is 0 Å². The van der Waals surface area contributed by atoms with Crippen molar-refractivity contribution in [2.24, 2.45) is 0 Å². The number of imidazole rings is 1. The maximum absolute atomic E-state index is 5.12. The van der Waals surface area contributed by atoms with Crippen LogP contribution < -0.4 is 4.74 Å². The lowest BCUT2D eigenvalue weighted by Crippen LogP contribution is -2.32. The fraction of sp³-hybridized carbons (Fsp3) is 0.368. The van der Waals surface area contributed by atoms with Crippen LogP contribution in [0.1, 0.15) is 29.9 Å². The van der Waals surface area contributed by atoms with Crippen molar-refractivity contribution < 1.29 is 4.74 Å². The number of piperidine rings is 1. The zero-order valence-electron chi connectivity index (χ0n) is 13.9. The molecule has 0 spiro atoms. The molecule has 1 N–H and O–H groups in total. The minimum Gasteiger partial charge on any atom is -0.481 e. The first-order valence-corrected chi connectivity index (χ1v) is 8.46. The van der Waals surface area contributed by atoms with Crippen molar-refractivity contribution in [3.8, 4) is 5.88 Å². The van der Waals surface area contributed by atoms with Gasteiger partial charge in [0.2, 0.25) is 5.88 Å². The van der Waals surface area contributed by atoms with Gasteiger partial charge in [-0.25, -0.2) is 9.97 Å². The number of H-pyrrole nitrogens is 1. The topological polar surface area (TPSA) is 54.0 Å². The van der Waals surface area contributed by atoms with Gasteiger partial charge in [-0.15, -0.1) is 0 Å². The van der Waals surface area contributed by atoms with Gasteiger partial charge in [-0.05, 0) is 55.1 Å². The number of ether oxygens (including phenoxy) is 1. The number of methoxy groups -OCH3 is 1. The summed E-state index contributed by atoms with van der Waals surface area (Å²) in [6, 6.07) is 10.6. The molecular weight excluding hydrogens is 300 g/mol. The Morgan fingerprint density at radius 1 is 1.17 bits per heavy atom. The molecule has 0 atom stereocenters. The highest BCUT2D eigenvalue weighted by molar-refractivity contribution is 5.75. The van der Waals surface area contributed by atoms with Crippen LogP contribution in [0.25, 0.3) is 11.0 Å². The number of fused-ring (bicyclic) bond motifs is 1. The minimum absolute atomic E-state index is 0.642. The Labute approximate surface area is 141 Å². The van der Waals surface area contributed by atoms with Crippen LogP contribution in [-0.2, 0) is 6.54 Å². The highest BCUT2D eigenvalue weighted by Crippen LogP contribution is 2.30. The number of nitrogens with zero attached hydrogens (tertiary/aromatic N) is 3. The second-order valence-corrected chi connectivity index (χ2v) is 6.44. The molecule has 5 heteroatoms. The number of aromatic amines is 1. The van der Waals surface area contributed by atoms with Crippen molar-refractivity contribution in [3.63, 3.8) is 0 Å². The minimum atomic E-state index is 0.642. The Balaban J connectivity index is 1.37. The molecule has 0 saturated carbocycles. The molecule has 124 valence electrons. The lowest BCUT2D eigenvalue weighted by atomic mass is 9.89. The summed E-state index contributed by atoms with van der Waals surface area (Å²) in [4.78, 5) is 14.3. The molecule has 0 amide bonds. The van der Waals surface area contributed by atoms with Crippen LogP contribution in [0.5, 0.6) is 5.88 Å². The number of rotatable bonds is 4. The molecule has 0 radical (unpaired) electrons. The molecule has 4 rings (SSSR count). The fourth-order valence-corrected chi connectivity index (χ4v) is 3.51. The number of aromatic nitrogens is 3. The molecule has 0 bridgehead atoms. The van der Waals surface area contributed by atoms with Gasteiger partial charge in [0, 0.05) is 18.8 Å². The summed E-state index contributed by atoms with van der Waals surface area (Å²) < 4.78 is 5.12. The van der Waals surface area contributed by atoms with E-state index < -0.39 is 0 Å². The summed E-state index contributed by atoms with van der Waals surface area (Å²) >= 11 is 0. The Bertz CT molecular complexity index is 804. The Morgan fingerprint density at radius 2 is 2.04 bits per heavy atom. The summed E-state index contributed by atoms with van der Waals surface area (Å²) in [6.07, 6.45) is 6.07. The van der Waals surface area contributed by atoms with Crippen molar-refractivity contribution in [2.75, 3.05) is 20.2 Å². The molecule has 24 heavy (non-hydrogen) atoms. The van der Waals surface area contributed by atoms with Crippen LogP contribution in [0.2, 0.25) is 0 Å². The smallest absolute Gasteiger partial charge is 0.212 e. The Hall–Kier alpha value is -2.40. The van der Waals surface area contributed by atoms with Crippen molar-refractivity contribution in [3.05, 3.63) is 54.0 Å². The average molecular weight is 322 g/mol. The zero-order valence-corrected chi connectivity index (χ0v) is 13.9. The monoisotopic (exact) mass is 322 g/mol. The molecule has 1 aliphatic rings. The van der Waals surface area contributed by atoms with Crippen LogP contribution in [0.15, 0.2) is 42.9 Å². The maximum Gasteiger partial charge on any atom is 0.212 e. The first-order valence-electron chi connectivity index (χ1n) is 8.46. The van der Waals surface area contributed by atoms with Crippen molar-refractivity contribution in [2.45, 2.75) is 25.3 Å². The number of likely N-dealkylation sites (tertiary alicyclic amines) is 1. The average Bonchev–Trinajstić information content (AvgIpc) is 3.11. The molecule has 5 nitrogen and oxygen atoms in total. The molecule has 1 aromatic carbocycles. The van der Waals surface area contributed by atoms with E-state index in [0.29, 0.717) is 11.8 Å². The third kappa shape index (κ3) is 3.12. The van der Waals surface area contributed by atoms with E-state index in [1.165, 1.54) is 24.0 Å². The first kappa shape index (κ1) is 15.1. The van der Waals surface area contributed by atoms with Crippen LogP contribution in [0, 0.1) is 0 Å². The summed E-state index contributed by atoms with van der Waals surface area (Å²) in [5, 5.41) is 0. The zero-order chi connectivity index (χ0) is 16.4. The summed E-state index contributed by atoms with van der Waals surface area (Å²) in [6.45, 7) is 3.21. The van der Waals surface area contributed by atoms with Crippen LogP contribution in [0.3, 0.4) is 0 Å². The van der Waals surface area contributed by atoms with Gasteiger partial charge >= 0.3 is 0 Å². The largest absolute Gasteiger partial charge is 0.481 e. The number of hydrogen-bond acceptors (Lipinski definition) is 4. The number of pyridine rings is 1. The molecule has 1 fully saturated rings. The van der Waals surface area contributed by atoms with Crippen molar-refractivity contribution in [1.82, 2.24) is 19.9 Å². The summed E-state index contributed by atoms with van der Waals surface area (Å²) in [5.41, 5.74) is 4.85. The Kier molecular flexibility index (Phi) is 4.17. The van der Waals surface area contributed by atoms with Gasteiger partial charge in [0.1, 0.15) is 0 Å². The van der Waals surface area contributed by atoms with Crippen LogP contribution >= 0.6 is 0 Å². The third-order valence-corrected chi connectivity index (χ3v) is 4.92. The Morgan fingerprint density at radius 3 is 2.79 bits per heavy atom. The first-order chi connectivity index (χ1) is 11.8. The molecule has 3 aromatic rings. The normalized spacial score (nSPS) is 16.5. The number of hydrogen-bond donors (Lipinski definition) is 1. The molecule has 1 aliphatic heterocycles. The summed E-state index contributed by atoms with van der Waals surface area (Å²) in [5.74, 6) is 1.31. The van der Waals surface area contributed by atoms with Crippen LogP contribution in [0.4, 0.5) is 0 Å². The van der Waals surface area contributed by atoms with E-state index in [0.717, 1.165) is 30.7 Å². The lowest BCUT2D eigenvalue weighted by Gasteiger charge is -2.32. The highest BCUT2D eigenvalue weighted by atomic mass is 16.5. The molecule has 3 heterocycles. The SMILES string of the molecule is COc1ccc(CN2CCC(c3ccc4nc[nH]c4c3)CC2)cn1. The molecule has 1 saturated heterocycles. The van der Waals surface area contributed by atoms with Crippen LogP contribution in [-0.4, -0.2) is 40.1 Å². The van der Waals surface area contributed by atoms with E-state index in [-0.39, 0.29) is 0 Å². The van der Waals surface area contributed by atoms with E-state index in [4.69, 9.17) is 4.74 Å². The van der Waals surface area contributed by atoms with E-state index >= 15 is 0 Å². The second-order valence-electron chi connectivity index (χ2n) is 6.44. The summed E-state index contributed by atoms with van der Waals surface area (Å²) in [7, 11) is 1.65. The molecule has 2 aromatic heterocycles.